The smallest absolute Gasteiger partial charge is 0.311 e. The van der Waals surface area contributed by atoms with Crippen LogP contribution in [0.1, 0.15) is 65.2 Å². The summed E-state index contributed by atoms with van der Waals surface area (Å²) in [4.78, 5) is 11.6. The van der Waals surface area contributed by atoms with Crippen LogP contribution < -0.4 is 0 Å². The molecule has 0 spiro atoms. The van der Waals surface area contributed by atoms with Crippen molar-refractivity contribution in [1.29, 1.82) is 0 Å². The summed E-state index contributed by atoms with van der Waals surface area (Å²) in [5.74, 6) is -0.594. The van der Waals surface area contributed by atoms with Crippen LogP contribution in [0.2, 0.25) is 0 Å². The number of unbranched alkanes of at least 4 members (excludes halogenated alkanes) is 4. The van der Waals surface area contributed by atoms with E-state index >= 15 is 0 Å². The topological polar surface area (TPSA) is 46.5 Å². The Bertz CT molecular complexity index is 192. The second kappa shape index (κ2) is 10.6. The minimum Gasteiger partial charge on any atom is -0.469 e. The van der Waals surface area contributed by atoms with Gasteiger partial charge in [0, 0.05) is 0 Å². The third-order valence-corrected chi connectivity index (χ3v) is 3.19. The second-order valence-corrected chi connectivity index (χ2v) is 4.69. The summed E-state index contributed by atoms with van der Waals surface area (Å²) in [6, 6.07) is 0. The predicted octanol–water partition coefficient (Wildman–Crippen LogP) is 3.30. The molecule has 1 N–H and O–H groups in total. The van der Waals surface area contributed by atoms with Crippen LogP contribution >= 0.6 is 0 Å². The molecule has 0 aromatic rings. The number of esters is 1. The molecule has 17 heavy (non-hydrogen) atoms. The number of carbonyl (C=O) groups excluding carboxylic acids is 1. The molecule has 0 aromatic heterocycles. The molecule has 0 saturated heterocycles. The van der Waals surface area contributed by atoms with Crippen LogP contribution in [-0.4, -0.2) is 24.3 Å². The van der Waals surface area contributed by atoms with E-state index in [9.17, 15) is 9.90 Å². The van der Waals surface area contributed by atoms with E-state index in [0.29, 0.717) is 6.42 Å². The Hall–Kier alpha value is -0.570. The van der Waals surface area contributed by atoms with Crippen LogP contribution in [0, 0.1) is 5.92 Å². The zero-order valence-electron chi connectivity index (χ0n) is 11.6. The molecule has 0 heterocycles. The molecule has 0 aromatic carbocycles. The highest BCUT2D eigenvalue weighted by atomic mass is 16.5. The summed E-state index contributed by atoms with van der Waals surface area (Å²) in [7, 11) is 1.39. The van der Waals surface area contributed by atoms with Crippen molar-refractivity contribution in [2.45, 2.75) is 71.3 Å². The van der Waals surface area contributed by atoms with Gasteiger partial charge in [-0.25, -0.2) is 0 Å². The van der Waals surface area contributed by atoms with Gasteiger partial charge in [-0.15, -0.1) is 0 Å². The van der Waals surface area contributed by atoms with Gasteiger partial charge < -0.3 is 9.84 Å². The predicted molar refractivity (Wildman–Crippen MR) is 69.8 cm³/mol. The van der Waals surface area contributed by atoms with Gasteiger partial charge in [0.1, 0.15) is 0 Å². The van der Waals surface area contributed by atoms with Crippen molar-refractivity contribution in [2.24, 2.45) is 5.92 Å². The van der Waals surface area contributed by atoms with Gasteiger partial charge in [0.15, 0.2) is 0 Å². The highest BCUT2D eigenvalue weighted by Crippen LogP contribution is 2.19. The molecule has 0 radical (unpaired) electrons. The monoisotopic (exact) mass is 244 g/mol. The van der Waals surface area contributed by atoms with Crippen molar-refractivity contribution < 1.29 is 14.6 Å². The van der Waals surface area contributed by atoms with Crippen molar-refractivity contribution in [3.8, 4) is 0 Å². The molecule has 0 aliphatic rings. The molecular weight excluding hydrogens is 216 g/mol. The van der Waals surface area contributed by atoms with Crippen molar-refractivity contribution in [3.05, 3.63) is 0 Å². The molecule has 0 fully saturated rings. The fraction of sp³-hybridized carbons (Fsp3) is 0.929. The van der Waals surface area contributed by atoms with Gasteiger partial charge in [0.25, 0.3) is 0 Å². The van der Waals surface area contributed by atoms with E-state index in [1.807, 2.05) is 0 Å². The van der Waals surface area contributed by atoms with E-state index in [4.69, 9.17) is 4.74 Å². The number of rotatable bonds is 10. The summed E-state index contributed by atoms with van der Waals surface area (Å²) >= 11 is 0. The zero-order chi connectivity index (χ0) is 13.1. The second-order valence-electron chi connectivity index (χ2n) is 4.69. The average Bonchev–Trinajstić information content (AvgIpc) is 2.34. The number of aliphatic hydroxyl groups is 1. The van der Waals surface area contributed by atoms with Gasteiger partial charge in [-0.3, -0.25) is 4.79 Å². The molecule has 0 saturated carbocycles. The van der Waals surface area contributed by atoms with Gasteiger partial charge in [0.05, 0.1) is 19.1 Å². The number of aliphatic hydroxyl groups excluding tert-OH is 1. The van der Waals surface area contributed by atoms with Gasteiger partial charge in [-0.2, -0.15) is 0 Å². The Labute approximate surface area is 106 Å². The van der Waals surface area contributed by atoms with Crippen LogP contribution in [0.3, 0.4) is 0 Å². The molecule has 0 aliphatic heterocycles. The summed E-state index contributed by atoms with van der Waals surface area (Å²) in [6.45, 7) is 4.25. The van der Waals surface area contributed by atoms with Crippen molar-refractivity contribution >= 4 is 5.97 Å². The van der Waals surface area contributed by atoms with E-state index in [1.54, 1.807) is 0 Å². The number of methoxy groups -OCH3 is 1. The quantitative estimate of drug-likeness (QED) is 0.474. The van der Waals surface area contributed by atoms with E-state index in [0.717, 1.165) is 32.1 Å². The molecule has 0 rings (SSSR count). The molecule has 102 valence electrons. The first-order chi connectivity index (χ1) is 8.17. The molecule has 0 bridgehead atoms. The standard InChI is InChI=1S/C14H28O3/c1-4-6-8-9-11-13(15)12(10-7-5-2)14(16)17-3/h12-13,15H,4-11H2,1-3H3. The van der Waals surface area contributed by atoms with Crippen LogP contribution in [0.5, 0.6) is 0 Å². The number of carbonyl (C=O) groups is 1. The third-order valence-electron chi connectivity index (χ3n) is 3.19. The largest absolute Gasteiger partial charge is 0.469 e. The summed E-state index contributed by atoms with van der Waals surface area (Å²) < 4.78 is 4.76. The first-order valence-corrected chi connectivity index (χ1v) is 6.93. The summed E-state index contributed by atoms with van der Waals surface area (Å²) in [5.41, 5.74) is 0. The molecule has 2 atom stereocenters. The number of ether oxygens (including phenoxy) is 1. The fourth-order valence-electron chi connectivity index (χ4n) is 2.02. The van der Waals surface area contributed by atoms with Crippen molar-refractivity contribution in [2.75, 3.05) is 7.11 Å². The molecule has 2 unspecified atom stereocenters. The van der Waals surface area contributed by atoms with E-state index in [2.05, 4.69) is 13.8 Å². The Morgan fingerprint density at radius 1 is 1.06 bits per heavy atom. The van der Waals surface area contributed by atoms with Gasteiger partial charge in [-0.05, 0) is 12.8 Å². The SMILES string of the molecule is CCCCCCC(O)C(CCCC)C(=O)OC. The van der Waals surface area contributed by atoms with Gasteiger partial charge in [-0.1, -0.05) is 52.4 Å². The molecule has 0 aliphatic carbocycles. The van der Waals surface area contributed by atoms with Gasteiger partial charge >= 0.3 is 5.97 Å². The number of hydrogen-bond acceptors (Lipinski definition) is 3. The average molecular weight is 244 g/mol. The van der Waals surface area contributed by atoms with Crippen LogP contribution in [0.15, 0.2) is 0 Å². The van der Waals surface area contributed by atoms with Crippen LogP contribution in [0.4, 0.5) is 0 Å². The first-order valence-electron chi connectivity index (χ1n) is 6.93. The minimum atomic E-state index is -0.536. The first kappa shape index (κ1) is 16.4. The maximum absolute atomic E-state index is 11.6. The van der Waals surface area contributed by atoms with E-state index in [1.165, 1.54) is 20.0 Å². The normalized spacial score (nSPS) is 14.4. The van der Waals surface area contributed by atoms with Crippen LogP contribution in [-0.2, 0) is 9.53 Å². The lowest BCUT2D eigenvalue weighted by molar-refractivity contribution is -0.150. The highest BCUT2D eigenvalue weighted by molar-refractivity contribution is 5.72. The lowest BCUT2D eigenvalue weighted by atomic mass is 9.92. The Morgan fingerprint density at radius 3 is 2.24 bits per heavy atom. The third kappa shape index (κ3) is 7.37. The minimum absolute atomic E-state index is 0.263. The Balaban J connectivity index is 4.03. The number of hydrogen-bond donors (Lipinski definition) is 1. The molecule has 3 nitrogen and oxygen atoms in total. The highest BCUT2D eigenvalue weighted by Gasteiger charge is 2.26. The lowest BCUT2D eigenvalue weighted by Gasteiger charge is -2.20. The molecule has 0 amide bonds. The maximum atomic E-state index is 11.6. The fourth-order valence-corrected chi connectivity index (χ4v) is 2.02. The van der Waals surface area contributed by atoms with Crippen LogP contribution in [0.25, 0.3) is 0 Å². The molecule has 3 heteroatoms. The zero-order valence-corrected chi connectivity index (χ0v) is 11.6. The maximum Gasteiger partial charge on any atom is 0.311 e. The summed E-state index contributed by atoms with van der Waals surface area (Å²) in [6.07, 6.45) is 7.43. The summed E-state index contributed by atoms with van der Waals surface area (Å²) in [5, 5.41) is 10.0. The van der Waals surface area contributed by atoms with Gasteiger partial charge in [0.2, 0.25) is 0 Å². The van der Waals surface area contributed by atoms with E-state index in [-0.39, 0.29) is 11.9 Å². The van der Waals surface area contributed by atoms with Crippen molar-refractivity contribution in [1.82, 2.24) is 0 Å². The van der Waals surface area contributed by atoms with E-state index < -0.39 is 6.10 Å². The lowest BCUT2D eigenvalue weighted by Crippen LogP contribution is -2.29. The van der Waals surface area contributed by atoms with Crippen molar-refractivity contribution in [3.63, 3.8) is 0 Å². The molecular formula is C14H28O3. The Kier molecular flexibility index (Phi) is 10.2. The Morgan fingerprint density at radius 2 is 1.71 bits per heavy atom.